The first-order valence-electron chi connectivity index (χ1n) is 9.31. The van der Waals surface area contributed by atoms with Crippen LogP contribution in [0.4, 0.5) is 27.6 Å². The zero-order valence-electron chi connectivity index (χ0n) is 16.3. The molecular formula is C20H18F5NO5S. The Morgan fingerprint density at radius 3 is 2.28 bits per heavy atom. The van der Waals surface area contributed by atoms with Crippen molar-refractivity contribution >= 4 is 21.7 Å². The average Bonchev–Trinajstić information content (AvgIpc) is 2.71. The summed E-state index contributed by atoms with van der Waals surface area (Å²) in [5, 5.41) is 19.1. The number of rotatable bonds is 6. The highest BCUT2D eigenvalue weighted by Gasteiger charge is 2.55. The summed E-state index contributed by atoms with van der Waals surface area (Å²) in [5.74, 6) is -1.99. The maximum atomic E-state index is 13.3. The van der Waals surface area contributed by atoms with Crippen LogP contribution in [0.2, 0.25) is 0 Å². The SMILES string of the molecule is O=C(O)C[C@@H]1CCc2cc(C(O)(CF)C(F)(F)F)ccc2N1S(=O)(=O)c1ccc(F)cc1. The third-order valence-electron chi connectivity index (χ3n) is 5.32. The van der Waals surface area contributed by atoms with Crippen LogP contribution in [-0.4, -0.2) is 43.5 Å². The zero-order chi connectivity index (χ0) is 23.9. The molecule has 0 saturated heterocycles. The number of carboxylic acids is 1. The highest BCUT2D eigenvalue weighted by molar-refractivity contribution is 7.92. The van der Waals surface area contributed by atoms with Crippen molar-refractivity contribution in [1.82, 2.24) is 0 Å². The van der Waals surface area contributed by atoms with Crippen molar-refractivity contribution in [2.24, 2.45) is 0 Å². The Hall–Kier alpha value is -2.73. The summed E-state index contributed by atoms with van der Waals surface area (Å²) in [4.78, 5) is 11.0. The molecule has 2 atom stereocenters. The standard InChI is InChI=1S/C20H18F5NO5S/c21-11-19(29,20(23,24)25)13-2-8-17-12(9-13)1-5-15(10-18(27)28)26(17)32(30,31)16-6-3-14(22)4-7-16/h2-4,6-9,15,29H,1,5,10-11H2,(H,27,28)/t15-,19?/m0/s1. The van der Waals surface area contributed by atoms with Crippen molar-refractivity contribution in [3.05, 3.63) is 59.4 Å². The molecule has 1 unspecified atom stereocenters. The number of aryl methyl sites for hydroxylation is 1. The Labute approximate surface area is 180 Å². The minimum Gasteiger partial charge on any atom is -0.481 e. The van der Waals surface area contributed by atoms with Gasteiger partial charge in [0.25, 0.3) is 10.0 Å². The van der Waals surface area contributed by atoms with Crippen LogP contribution in [0, 0.1) is 5.82 Å². The van der Waals surface area contributed by atoms with Gasteiger partial charge >= 0.3 is 12.1 Å². The van der Waals surface area contributed by atoms with E-state index in [-0.39, 0.29) is 29.0 Å². The van der Waals surface area contributed by atoms with Crippen LogP contribution in [0.3, 0.4) is 0 Å². The van der Waals surface area contributed by atoms with Crippen LogP contribution in [0.25, 0.3) is 0 Å². The van der Waals surface area contributed by atoms with Gasteiger partial charge in [0.15, 0.2) is 0 Å². The topological polar surface area (TPSA) is 94.9 Å². The van der Waals surface area contributed by atoms with Gasteiger partial charge in [0.1, 0.15) is 12.5 Å². The van der Waals surface area contributed by atoms with Crippen molar-refractivity contribution in [2.75, 3.05) is 11.0 Å². The first-order chi connectivity index (χ1) is 14.8. The Morgan fingerprint density at radius 2 is 1.75 bits per heavy atom. The molecule has 12 heteroatoms. The summed E-state index contributed by atoms with van der Waals surface area (Å²) in [6, 6.07) is 5.30. The van der Waals surface area contributed by atoms with Crippen molar-refractivity contribution in [3.63, 3.8) is 0 Å². The molecule has 1 heterocycles. The van der Waals surface area contributed by atoms with Crippen molar-refractivity contribution < 1.29 is 45.4 Å². The van der Waals surface area contributed by atoms with E-state index < -0.39 is 58.3 Å². The van der Waals surface area contributed by atoms with E-state index in [1.807, 2.05) is 0 Å². The van der Waals surface area contributed by atoms with Gasteiger partial charge in [-0.1, -0.05) is 12.1 Å². The average molecular weight is 479 g/mol. The predicted octanol–water partition coefficient (Wildman–Crippen LogP) is 3.53. The molecule has 0 fully saturated rings. The molecule has 32 heavy (non-hydrogen) atoms. The summed E-state index contributed by atoms with van der Waals surface area (Å²) < 4.78 is 93.6. The number of hydrogen-bond acceptors (Lipinski definition) is 4. The molecule has 1 aliphatic heterocycles. The quantitative estimate of drug-likeness (QED) is 0.619. The lowest BCUT2D eigenvalue weighted by Gasteiger charge is -2.38. The fraction of sp³-hybridized carbons (Fsp3) is 0.350. The van der Waals surface area contributed by atoms with E-state index in [0.29, 0.717) is 0 Å². The summed E-state index contributed by atoms with van der Waals surface area (Å²) >= 11 is 0. The van der Waals surface area contributed by atoms with Gasteiger partial charge in [0, 0.05) is 0 Å². The Morgan fingerprint density at radius 1 is 1.12 bits per heavy atom. The molecule has 3 rings (SSSR count). The molecule has 0 bridgehead atoms. The number of aliphatic carboxylic acids is 1. The number of halogens is 5. The van der Waals surface area contributed by atoms with Crippen molar-refractivity contribution in [3.8, 4) is 0 Å². The molecule has 6 nitrogen and oxygen atoms in total. The second kappa shape index (κ2) is 8.32. The molecule has 0 saturated carbocycles. The summed E-state index contributed by atoms with van der Waals surface area (Å²) in [5.41, 5.74) is -4.62. The molecule has 0 amide bonds. The zero-order valence-corrected chi connectivity index (χ0v) is 17.1. The Balaban J connectivity index is 2.15. The van der Waals surface area contributed by atoms with E-state index >= 15 is 0 Å². The molecular weight excluding hydrogens is 461 g/mol. The lowest BCUT2D eigenvalue weighted by molar-refractivity contribution is -0.271. The van der Waals surface area contributed by atoms with Gasteiger partial charge in [-0.25, -0.2) is 17.2 Å². The van der Waals surface area contributed by atoms with Crippen LogP contribution >= 0.6 is 0 Å². The van der Waals surface area contributed by atoms with E-state index in [2.05, 4.69) is 0 Å². The van der Waals surface area contributed by atoms with Crippen molar-refractivity contribution in [2.45, 2.75) is 42.0 Å². The fourth-order valence-corrected chi connectivity index (χ4v) is 5.36. The summed E-state index contributed by atoms with van der Waals surface area (Å²) in [7, 11) is -4.42. The summed E-state index contributed by atoms with van der Waals surface area (Å²) in [6.07, 6.45) is -5.96. The number of carbonyl (C=O) groups is 1. The normalized spacial score (nSPS) is 18.7. The highest BCUT2D eigenvalue weighted by Crippen LogP contribution is 2.43. The first kappa shape index (κ1) is 23.9. The molecule has 0 radical (unpaired) electrons. The Kier molecular flexibility index (Phi) is 6.22. The predicted molar refractivity (Wildman–Crippen MR) is 103 cm³/mol. The minimum absolute atomic E-state index is 0.00319. The maximum absolute atomic E-state index is 13.3. The first-order valence-corrected chi connectivity index (χ1v) is 10.8. The van der Waals surface area contributed by atoms with E-state index in [4.69, 9.17) is 0 Å². The minimum atomic E-state index is -5.32. The maximum Gasteiger partial charge on any atom is 0.424 e. The van der Waals surface area contributed by atoms with Crippen molar-refractivity contribution in [1.29, 1.82) is 0 Å². The molecule has 0 aliphatic carbocycles. The molecule has 2 aromatic carbocycles. The number of anilines is 1. The number of alkyl halides is 4. The number of carboxylic acid groups (broad SMARTS) is 1. The highest BCUT2D eigenvalue weighted by atomic mass is 32.2. The van der Waals surface area contributed by atoms with Crippen LogP contribution < -0.4 is 4.31 Å². The molecule has 2 aromatic rings. The van der Waals surface area contributed by atoms with Gasteiger partial charge in [-0.05, 0) is 54.3 Å². The molecule has 1 aliphatic rings. The lowest BCUT2D eigenvalue weighted by Crippen LogP contribution is -2.46. The van der Waals surface area contributed by atoms with Gasteiger partial charge in [-0.3, -0.25) is 9.10 Å². The van der Waals surface area contributed by atoms with Crippen LogP contribution in [0.15, 0.2) is 47.4 Å². The van der Waals surface area contributed by atoms with E-state index in [1.54, 1.807) is 0 Å². The second-order valence-electron chi connectivity index (χ2n) is 7.38. The third-order valence-corrected chi connectivity index (χ3v) is 7.20. The van der Waals surface area contributed by atoms with Gasteiger partial charge < -0.3 is 10.2 Å². The number of sulfonamides is 1. The van der Waals surface area contributed by atoms with Crippen LogP contribution in [-0.2, 0) is 26.8 Å². The largest absolute Gasteiger partial charge is 0.481 e. The van der Waals surface area contributed by atoms with Gasteiger partial charge in [-0.2, -0.15) is 13.2 Å². The molecule has 174 valence electrons. The van der Waals surface area contributed by atoms with Gasteiger partial charge in [-0.15, -0.1) is 0 Å². The van der Waals surface area contributed by atoms with E-state index in [9.17, 15) is 45.4 Å². The summed E-state index contributed by atoms with van der Waals surface area (Å²) in [6.45, 7) is -2.14. The lowest BCUT2D eigenvalue weighted by atomic mass is 9.89. The molecule has 0 spiro atoms. The second-order valence-corrected chi connectivity index (χ2v) is 9.20. The molecule has 0 aromatic heterocycles. The number of hydrogen-bond donors (Lipinski definition) is 2. The Bertz CT molecular complexity index is 1120. The van der Waals surface area contributed by atoms with Crippen LogP contribution in [0.5, 0.6) is 0 Å². The van der Waals surface area contributed by atoms with Gasteiger partial charge in [0.2, 0.25) is 5.60 Å². The fourth-order valence-electron chi connectivity index (χ4n) is 3.64. The smallest absolute Gasteiger partial charge is 0.424 e. The number of aliphatic hydroxyl groups is 1. The number of benzene rings is 2. The third kappa shape index (κ3) is 4.16. The van der Waals surface area contributed by atoms with E-state index in [0.717, 1.165) is 46.8 Å². The number of nitrogens with zero attached hydrogens (tertiary/aromatic N) is 1. The van der Waals surface area contributed by atoms with Crippen LogP contribution in [0.1, 0.15) is 24.0 Å². The number of fused-ring (bicyclic) bond motifs is 1. The monoisotopic (exact) mass is 479 g/mol. The molecule has 2 N–H and O–H groups in total. The van der Waals surface area contributed by atoms with E-state index in [1.165, 1.54) is 0 Å². The van der Waals surface area contributed by atoms with Gasteiger partial charge in [0.05, 0.1) is 23.0 Å².